The van der Waals surface area contributed by atoms with Crippen LogP contribution in [-0.2, 0) is 9.47 Å². The zero-order chi connectivity index (χ0) is 11.5. The van der Waals surface area contributed by atoms with Gasteiger partial charge in [0.15, 0.2) is 0 Å². The smallest absolute Gasteiger partial charge is 0.261 e. The lowest BCUT2D eigenvalue weighted by Crippen LogP contribution is -2.32. The highest BCUT2D eigenvalue weighted by Crippen LogP contribution is 1.97. The van der Waals surface area contributed by atoms with E-state index in [1.165, 1.54) is 0 Å². The lowest BCUT2D eigenvalue weighted by molar-refractivity contribution is 0.0108. The topological polar surface area (TPSA) is 30.5 Å². The lowest BCUT2D eigenvalue weighted by Gasteiger charge is -2.16. The summed E-state index contributed by atoms with van der Waals surface area (Å²) in [4.78, 5) is 0. The van der Waals surface area contributed by atoms with Crippen molar-refractivity contribution in [3.8, 4) is 0 Å². The van der Waals surface area contributed by atoms with Crippen LogP contribution in [0.1, 0.15) is 19.8 Å². The zero-order valence-corrected chi connectivity index (χ0v) is 9.47. The molecular formula is C10H21F2NO2. The number of hydrogen-bond donors (Lipinski definition) is 1. The van der Waals surface area contributed by atoms with Crippen LogP contribution in [0.15, 0.2) is 0 Å². The Kier molecular flexibility index (Phi) is 10.1. The van der Waals surface area contributed by atoms with Gasteiger partial charge in [0.2, 0.25) is 0 Å². The van der Waals surface area contributed by atoms with Crippen molar-refractivity contribution in [3.05, 3.63) is 0 Å². The summed E-state index contributed by atoms with van der Waals surface area (Å²) < 4.78 is 33.6. The molecule has 1 unspecified atom stereocenters. The second-order valence-corrected chi connectivity index (χ2v) is 3.32. The number of rotatable bonds is 10. The highest BCUT2D eigenvalue weighted by molar-refractivity contribution is 4.62. The van der Waals surface area contributed by atoms with Crippen molar-refractivity contribution in [3.63, 3.8) is 0 Å². The van der Waals surface area contributed by atoms with Gasteiger partial charge in [-0.1, -0.05) is 6.92 Å². The first kappa shape index (κ1) is 14.7. The molecule has 0 radical (unpaired) electrons. The van der Waals surface area contributed by atoms with E-state index in [9.17, 15) is 8.78 Å². The Hall–Kier alpha value is -0.260. The number of halogens is 2. The molecule has 5 heteroatoms. The largest absolute Gasteiger partial charge is 0.380 e. The molecule has 0 rings (SSSR count). The minimum atomic E-state index is -2.38. The van der Waals surface area contributed by atoms with Gasteiger partial charge in [0, 0.05) is 19.3 Å². The third-order valence-electron chi connectivity index (χ3n) is 1.93. The predicted octanol–water partition coefficient (Wildman–Crippen LogP) is 1.67. The Morgan fingerprint density at radius 1 is 1.13 bits per heavy atom. The molecule has 1 N–H and O–H groups in total. The first-order valence-corrected chi connectivity index (χ1v) is 5.31. The van der Waals surface area contributed by atoms with Crippen LogP contribution in [0.4, 0.5) is 8.78 Å². The molecule has 1 atom stereocenters. The summed E-state index contributed by atoms with van der Waals surface area (Å²) in [5, 5.41) is 3.06. The molecule has 0 aromatic rings. The van der Waals surface area contributed by atoms with E-state index in [0.717, 1.165) is 13.0 Å². The van der Waals surface area contributed by atoms with Crippen LogP contribution in [0, 0.1) is 0 Å². The highest BCUT2D eigenvalue weighted by atomic mass is 19.3. The number of nitrogens with one attached hydrogen (secondary N) is 1. The molecule has 0 saturated carbocycles. The second-order valence-electron chi connectivity index (χ2n) is 3.32. The molecule has 0 bridgehead atoms. The first-order chi connectivity index (χ1) is 7.20. The monoisotopic (exact) mass is 225 g/mol. The Morgan fingerprint density at radius 2 is 1.80 bits per heavy atom. The van der Waals surface area contributed by atoms with Crippen LogP contribution in [-0.4, -0.2) is 45.9 Å². The molecule has 0 aliphatic heterocycles. The molecule has 3 nitrogen and oxygen atoms in total. The average Bonchev–Trinajstić information content (AvgIpc) is 2.21. The van der Waals surface area contributed by atoms with Gasteiger partial charge >= 0.3 is 0 Å². The Balaban J connectivity index is 3.35. The Labute approximate surface area is 90.1 Å². The molecule has 0 fully saturated rings. The predicted molar refractivity (Wildman–Crippen MR) is 55.4 cm³/mol. The average molecular weight is 225 g/mol. The molecule has 0 spiro atoms. The van der Waals surface area contributed by atoms with Crippen LogP contribution >= 0.6 is 0 Å². The van der Waals surface area contributed by atoms with E-state index in [1.54, 1.807) is 0 Å². The maximum atomic E-state index is 11.7. The van der Waals surface area contributed by atoms with Gasteiger partial charge in [-0.15, -0.1) is 0 Å². The Morgan fingerprint density at radius 3 is 2.33 bits per heavy atom. The summed E-state index contributed by atoms with van der Waals surface area (Å²) in [5.74, 6) is 0. The maximum Gasteiger partial charge on any atom is 0.261 e. The van der Waals surface area contributed by atoms with Crippen molar-refractivity contribution >= 4 is 0 Å². The van der Waals surface area contributed by atoms with E-state index in [1.807, 2.05) is 14.0 Å². The zero-order valence-electron chi connectivity index (χ0n) is 9.47. The van der Waals surface area contributed by atoms with Gasteiger partial charge in [0.25, 0.3) is 6.43 Å². The van der Waals surface area contributed by atoms with Crippen molar-refractivity contribution in [1.82, 2.24) is 5.32 Å². The summed E-state index contributed by atoms with van der Waals surface area (Å²) >= 11 is 0. The summed E-state index contributed by atoms with van der Waals surface area (Å²) in [6, 6.07) is 0.175. The molecule has 0 amide bonds. The second kappa shape index (κ2) is 10.3. The molecule has 0 heterocycles. The fourth-order valence-corrected chi connectivity index (χ4v) is 1.08. The summed E-state index contributed by atoms with van der Waals surface area (Å²) in [6.45, 7) is 3.23. The number of hydrogen-bond acceptors (Lipinski definition) is 3. The fraction of sp³-hybridized carbons (Fsp3) is 1.00. The number of likely N-dealkylation sites (N-methyl/N-ethyl adjacent to an activating group) is 1. The van der Waals surface area contributed by atoms with Gasteiger partial charge in [0.1, 0.15) is 6.61 Å². The van der Waals surface area contributed by atoms with E-state index in [4.69, 9.17) is 9.47 Å². The van der Waals surface area contributed by atoms with Crippen molar-refractivity contribution in [2.75, 3.05) is 33.5 Å². The molecule has 0 saturated heterocycles. The van der Waals surface area contributed by atoms with Crippen LogP contribution < -0.4 is 5.32 Å². The van der Waals surface area contributed by atoms with E-state index in [0.29, 0.717) is 19.6 Å². The van der Waals surface area contributed by atoms with Crippen LogP contribution in [0.25, 0.3) is 0 Å². The van der Waals surface area contributed by atoms with Gasteiger partial charge in [-0.2, -0.15) is 0 Å². The number of alkyl halides is 2. The fourth-order valence-electron chi connectivity index (χ4n) is 1.08. The van der Waals surface area contributed by atoms with Crippen molar-refractivity contribution in [1.29, 1.82) is 0 Å². The molecule has 92 valence electrons. The summed E-state index contributed by atoms with van der Waals surface area (Å²) in [7, 11) is 1.83. The molecule has 15 heavy (non-hydrogen) atoms. The van der Waals surface area contributed by atoms with E-state index in [-0.39, 0.29) is 6.04 Å². The van der Waals surface area contributed by atoms with Gasteiger partial charge in [-0.25, -0.2) is 8.78 Å². The van der Waals surface area contributed by atoms with E-state index in [2.05, 4.69) is 5.32 Å². The quantitative estimate of drug-likeness (QED) is 0.574. The van der Waals surface area contributed by atoms with Gasteiger partial charge < -0.3 is 14.8 Å². The van der Waals surface area contributed by atoms with E-state index < -0.39 is 13.0 Å². The standard InChI is InChI=1S/C10H21F2NO2/c1-3-5-14-7-9(13-2)4-6-15-8-10(11)12/h9-10,13H,3-8H2,1-2H3. The van der Waals surface area contributed by atoms with Crippen molar-refractivity contribution in [2.45, 2.75) is 32.2 Å². The normalized spacial score (nSPS) is 13.4. The lowest BCUT2D eigenvalue weighted by atomic mass is 10.2. The van der Waals surface area contributed by atoms with E-state index >= 15 is 0 Å². The molecule has 0 aliphatic carbocycles. The minimum Gasteiger partial charge on any atom is -0.380 e. The minimum absolute atomic E-state index is 0.175. The summed E-state index contributed by atoms with van der Waals surface area (Å²) in [5.41, 5.74) is 0. The third kappa shape index (κ3) is 10.0. The van der Waals surface area contributed by atoms with Gasteiger partial charge in [-0.05, 0) is 19.9 Å². The van der Waals surface area contributed by atoms with Gasteiger partial charge in [-0.3, -0.25) is 0 Å². The maximum absolute atomic E-state index is 11.7. The third-order valence-corrected chi connectivity index (χ3v) is 1.93. The number of ether oxygens (including phenoxy) is 2. The van der Waals surface area contributed by atoms with Crippen LogP contribution in [0.5, 0.6) is 0 Å². The molecule has 0 aliphatic rings. The molecule has 0 aromatic heterocycles. The van der Waals surface area contributed by atoms with Gasteiger partial charge in [0.05, 0.1) is 6.61 Å². The summed E-state index contributed by atoms with van der Waals surface area (Å²) in [6.07, 6.45) is -0.708. The molecule has 0 aromatic carbocycles. The first-order valence-electron chi connectivity index (χ1n) is 5.31. The molecular weight excluding hydrogens is 204 g/mol. The van der Waals surface area contributed by atoms with Crippen molar-refractivity contribution < 1.29 is 18.3 Å². The van der Waals surface area contributed by atoms with Crippen LogP contribution in [0.3, 0.4) is 0 Å². The van der Waals surface area contributed by atoms with Crippen LogP contribution in [0.2, 0.25) is 0 Å². The van der Waals surface area contributed by atoms with Crippen molar-refractivity contribution in [2.24, 2.45) is 0 Å². The Bertz CT molecular complexity index is 137. The SMILES string of the molecule is CCCOCC(CCOCC(F)F)NC. The highest BCUT2D eigenvalue weighted by Gasteiger charge is 2.07.